The fourth-order valence-corrected chi connectivity index (χ4v) is 3.30. The van der Waals surface area contributed by atoms with Crippen LogP contribution in [0, 0.1) is 0 Å². The minimum Gasteiger partial charge on any atom is -0.463 e. The summed E-state index contributed by atoms with van der Waals surface area (Å²) in [7, 11) is -3.78. The summed E-state index contributed by atoms with van der Waals surface area (Å²) in [4.78, 5) is 22.0. The smallest absolute Gasteiger partial charge is 0.463 e. The fourth-order valence-electron chi connectivity index (χ4n) is 2.06. The van der Waals surface area contributed by atoms with E-state index in [4.69, 9.17) is 23.0 Å². The number of unbranched alkanes of at least 4 members (excludes halogenated alkanes) is 2. The zero-order valence-corrected chi connectivity index (χ0v) is 17.9. The Balaban J connectivity index is 2.40. The average molecular weight is 440 g/mol. The normalized spacial score (nSPS) is 10.9. The molecular formula is C21H29O8P. The molecule has 1 aromatic carbocycles. The highest BCUT2D eigenvalue weighted by molar-refractivity contribution is 7.48. The maximum absolute atomic E-state index is 12.9. The first-order chi connectivity index (χ1) is 14.5. The molecule has 8 nitrogen and oxygen atoms in total. The Morgan fingerprint density at radius 1 is 0.767 bits per heavy atom. The van der Waals surface area contributed by atoms with Crippen molar-refractivity contribution < 1.29 is 37.2 Å². The van der Waals surface area contributed by atoms with Gasteiger partial charge in [-0.05, 0) is 31.2 Å². The Bertz CT molecular complexity index is 668. The fraction of sp³-hybridized carbons (Fsp3) is 0.429. The van der Waals surface area contributed by atoms with Gasteiger partial charge in [0.1, 0.15) is 0 Å². The summed E-state index contributed by atoms with van der Waals surface area (Å²) in [5.41, 5.74) is 0.831. The summed E-state index contributed by atoms with van der Waals surface area (Å²) in [5, 5.41) is 0. The van der Waals surface area contributed by atoms with Crippen molar-refractivity contribution in [1.82, 2.24) is 0 Å². The van der Waals surface area contributed by atoms with Crippen molar-refractivity contribution in [3.8, 4) is 0 Å². The Morgan fingerprint density at radius 2 is 1.23 bits per heavy atom. The predicted octanol–water partition coefficient (Wildman–Crippen LogP) is 4.36. The van der Waals surface area contributed by atoms with E-state index in [9.17, 15) is 14.2 Å². The summed E-state index contributed by atoms with van der Waals surface area (Å²) in [6.45, 7) is 7.38. The molecule has 0 spiro atoms. The maximum atomic E-state index is 12.9. The van der Waals surface area contributed by atoms with Gasteiger partial charge in [-0.1, -0.05) is 43.5 Å². The predicted molar refractivity (Wildman–Crippen MR) is 112 cm³/mol. The molecule has 0 heterocycles. The molecule has 1 aromatic rings. The van der Waals surface area contributed by atoms with Crippen molar-refractivity contribution in [2.45, 2.75) is 32.3 Å². The summed E-state index contributed by atoms with van der Waals surface area (Å²) in [5.74, 6) is -0.982. The van der Waals surface area contributed by atoms with Crippen LogP contribution in [0.15, 0.2) is 55.6 Å². The lowest BCUT2D eigenvalue weighted by molar-refractivity contribution is -0.138. The van der Waals surface area contributed by atoms with Crippen LogP contribution in [-0.4, -0.2) is 38.4 Å². The number of phosphoric acid groups is 1. The lowest BCUT2D eigenvalue weighted by Gasteiger charge is -2.18. The van der Waals surface area contributed by atoms with Crippen LogP contribution in [0.25, 0.3) is 0 Å². The number of carbonyl (C=O) groups excluding carboxylic acids is 2. The van der Waals surface area contributed by atoms with Crippen molar-refractivity contribution in [2.24, 2.45) is 0 Å². The first-order valence-electron chi connectivity index (χ1n) is 9.65. The van der Waals surface area contributed by atoms with E-state index in [0.29, 0.717) is 25.7 Å². The van der Waals surface area contributed by atoms with E-state index >= 15 is 0 Å². The first kappa shape index (κ1) is 25.8. The molecule has 0 aliphatic rings. The van der Waals surface area contributed by atoms with E-state index in [1.807, 2.05) is 30.3 Å². The summed E-state index contributed by atoms with van der Waals surface area (Å²) in [6, 6.07) is 9.24. The van der Waals surface area contributed by atoms with Gasteiger partial charge in [0.05, 0.1) is 33.0 Å². The number of benzene rings is 1. The van der Waals surface area contributed by atoms with E-state index in [1.165, 1.54) is 0 Å². The second-order valence-electron chi connectivity index (χ2n) is 6.03. The molecule has 0 saturated heterocycles. The van der Waals surface area contributed by atoms with Crippen LogP contribution in [-0.2, 0) is 43.8 Å². The van der Waals surface area contributed by atoms with Gasteiger partial charge >= 0.3 is 19.8 Å². The molecular weight excluding hydrogens is 411 g/mol. The molecule has 30 heavy (non-hydrogen) atoms. The van der Waals surface area contributed by atoms with Gasteiger partial charge in [0.25, 0.3) is 0 Å². The molecule has 0 aliphatic heterocycles. The molecule has 0 bridgehead atoms. The summed E-state index contributed by atoms with van der Waals surface area (Å²) >= 11 is 0. The topological polar surface area (TPSA) is 97.4 Å². The van der Waals surface area contributed by atoms with Crippen LogP contribution in [0.3, 0.4) is 0 Å². The van der Waals surface area contributed by atoms with Crippen molar-refractivity contribution in [2.75, 3.05) is 26.4 Å². The van der Waals surface area contributed by atoms with Gasteiger partial charge in [0, 0.05) is 12.2 Å². The lowest BCUT2D eigenvalue weighted by atomic mass is 10.2. The molecule has 0 fully saturated rings. The Morgan fingerprint density at radius 3 is 1.70 bits per heavy atom. The summed E-state index contributed by atoms with van der Waals surface area (Å²) < 4.78 is 38.9. The molecule has 0 atom stereocenters. The van der Waals surface area contributed by atoms with Gasteiger partial charge in [-0.2, -0.15) is 0 Å². The SMILES string of the molecule is C=CC(=O)OCCCCOP(=O)(OCCCCOC(=O)C=C)OCc1ccccc1. The third-order valence-corrected chi connectivity index (χ3v) is 5.07. The minimum absolute atomic E-state index is 0.0754. The molecule has 0 aliphatic carbocycles. The highest BCUT2D eigenvalue weighted by Crippen LogP contribution is 2.50. The molecule has 0 N–H and O–H groups in total. The van der Waals surface area contributed by atoms with Crippen molar-refractivity contribution in [3.63, 3.8) is 0 Å². The molecule has 0 amide bonds. The number of ether oxygens (including phenoxy) is 2. The second kappa shape index (κ2) is 15.6. The van der Waals surface area contributed by atoms with Gasteiger partial charge in [-0.3, -0.25) is 13.6 Å². The first-order valence-corrected chi connectivity index (χ1v) is 11.1. The van der Waals surface area contributed by atoms with E-state index in [1.54, 1.807) is 0 Å². The molecule has 0 aromatic heterocycles. The molecule has 1 rings (SSSR count). The van der Waals surface area contributed by atoms with Crippen LogP contribution in [0.2, 0.25) is 0 Å². The molecule has 0 unspecified atom stereocenters. The largest absolute Gasteiger partial charge is 0.475 e. The van der Waals surface area contributed by atoms with Gasteiger partial charge in [0.15, 0.2) is 0 Å². The third kappa shape index (κ3) is 12.3. The van der Waals surface area contributed by atoms with Crippen LogP contribution >= 0.6 is 7.82 Å². The molecule has 166 valence electrons. The van der Waals surface area contributed by atoms with Crippen molar-refractivity contribution >= 4 is 19.8 Å². The Hall–Kier alpha value is -2.25. The van der Waals surface area contributed by atoms with Crippen molar-refractivity contribution in [3.05, 3.63) is 61.2 Å². The zero-order chi connectivity index (χ0) is 22.1. The average Bonchev–Trinajstić information content (AvgIpc) is 2.77. The van der Waals surface area contributed by atoms with E-state index in [-0.39, 0.29) is 33.0 Å². The highest BCUT2D eigenvalue weighted by atomic mass is 31.2. The standard InChI is InChI=1S/C21H29O8P/c1-3-20(22)25-14-8-10-16-27-30(24,29-18-19-12-6-5-7-13-19)28-17-11-9-15-26-21(23)4-2/h3-7,12-13H,1-2,8-11,14-18H2. The Labute approximate surface area is 177 Å². The molecule has 0 radical (unpaired) electrons. The van der Waals surface area contributed by atoms with E-state index in [2.05, 4.69) is 13.2 Å². The van der Waals surface area contributed by atoms with Gasteiger partial charge in [-0.25, -0.2) is 14.2 Å². The lowest BCUT2D eigenvalue weighted by Crippen LogP contribution is -2.06. The van der Waals surface area contributed by atoms with Gasteiger partial charge < -0.3 is 9.47 Å². The molecule has 9 heteroatoms. The molecule has 0 saturated carbocycles. The van der Waals surface area contributed by atoms with Gasteiger partial charge in [0.2, 0.25) is 0 Å². The zero-order valence-electron chi connectivity index (χ0n) is 17.0. The number of hydrogen-bond donors (Lipinski definition) is 0. The minimum atomic E-state index is -3.78. The number of rotatable bonds is 17. The number of carbonyl (C=O) groups is 2. The highest BCUT2D eigenvalue weighted by Gasteiger charge is 2.26. The van der Waals surface area contributed by atoms with E-state index in [0.717, 1.165) is 17.7 Å². The maximum Gasteiger partial charge on any atom is 0.475 e. The van der Waals surface area contributed by atoms with Gasteiger partial charge in [-0.15, -0.1) is 0 Å². The number of esters is 2. The van der Waals surface area contributed by atoms with Crippen molar-refractivity contribution in [1.29, 1.82) is 0 Å². The number of phosphoric ester groups is 1. The van der Waals surface area contributed by atoms with Crippen LogP contribution in [0.4, 0.5) is 0 Å². The summed E-state index contributed by atoms with van der Waals surface area (Å²) in [6.07, 6.45) is 4.26. The number of hydrogen-bond acceptors (Lipinski definition) is 8. The third-order valence-electron chi connectivity index (χ3n) is 3.63. The van der Waals surface area contributed by atoms with Crippen LogP contribution in [0.5, 0.6) is 0 Å². The quantitative estimate of drug-likeness (QED) is 0.153. The van der Waals surface area contributed by atoms with E-state index < -0.39 is 19.8 Å². The Kier molecular flexibility index (Phi) is 13.4. The monoisotopic (exact) mass is 440 g/mol. The van der Waals surface area contributed by atoms with Crippen LogP contribution < -0.4 is 0 Å². The van der Waals surface area contributed by atoms with Crippen LogP contribution in [0.1, 0.15) is 31.2 Å². The second-order valence-corrected chi connectivity index (χ2v) is 7.70.